The molecule has 0 radical (unpaired) electrons. The van der Waals surface area contributed by atoms with Gasteiger partial charge < -0.3 is 10.0 Å². The van der Waals surface area contributed by atoms with Crippen molar-refractivity contribution in [2.24, 2.45) is 5.41 Å². The highest BCUT2D eigenvalue weighted by molar-refractivity contribution is 6.27. The molecule has 6 heteroatoms. The SMILES string of the molecule is CC(C)(C)[C@]12C[C@@H](CN1C(=O)O)N(C(=O)CCl)C2. The third kappa shape index (κ3) is 1.67. The molecule has 0 aromatic rings. The van der Waals surface area contributed by atoms with E-state index in [0.717, 1.165) is 0 Å². The summed E-state index contributed by atoms with van der Waals surface area (Å²) in [6.45, 7) is 6.94. The van der Waals surface area contributed by atoms with Gasteiger partial charge >= 0.3 is 6.09 Å². The predicted molar refractivity (Wildman–Crippen MR) is 67.8 cm³/mol. The summed E-state index contributed by atoms with van der Waals surface area (Å²) in [5.74, 6) is -0.137. The number of carbonyl (C=O) groups is 2. The van der Waals surface area contributed by atoms with Crippen molar-refractivity contribution in [3.05, 3.63) is 0 Å². The zero-order chi connectivity index (χ0) is 13.7. The van der Waals surface area contributed by atoms with Crippen molar-refractivity contribution in [3.63, 3.8) is 0 Å². The first-order valence-electron chi connectivity index (χ1n) is 6.09. The van der Waals surface area contributed by atoms with Gasteiger partial charge in [-0.1, -0.05) is 20.8 Å². The molecule has 2 heterocycles. The summed E-state index contributed by atoms with van der Waals surface area (Å²) in [7, 11) is 0. The van der Waals surface area contributed by atoms with Crippen molar-refractivity contribution in [2.45, 2.75) is 38.8 Å². The van der Waals surface area contributed by atoms with Crippen LogP contribution in [0.2, 0.25) is 0 Å². The van der Waals surface area contributed by atoms with Crippen LogP contribution in [0.15, 0.2) is 0 Å². The van der Waals surface area contributed by atoms with Crippen molar-refractivity contribution >= 4 is 23.6 Å². The van der Waals surface area contributed by atoms with Gasteiger partial charge in [0.2, 0.25) is 5.91 Å². The lowest BCUT2D eigenvalue weighted by Crippen LogP contribution is -2.62. The number of piperazine rings is 1. The second kappa shape index (κ2) is 4.02. The number of amides is 2. The summed E-state index contributed by atoms with van der Waals surface area (Å²) in [5.41, 5.74) is -0.688. The molecule has 0 aliphatic carbocycles. The largest absolute Gasteiger partial charge is 0.465 e. The molecule has 0 spiro atoms. The highest BCUT2D eigenvalue weighted by Gasteiger charge is 2.62. The quantitative estimate of drug-likeness (QED) is 0.739. The average Bonchev–Trinajstić information content (AvgIpc) is 2.83. The summed E-state index contributed by atoms with van der Waals surface area (Å²) >= 11 is 5.61. The highest BCUT2D eigenvalue weighted by Crippen LogP contribution is 2.50. The second-order valence-corrected chi connectivity index (χ2v) is 6.46. The van der Waals surface area contributed by atoms with Crippen LogP contribution in [-0.2, 0) is 4.79 Å². The fourth-order valence-electron chi connectivity index (χ4n) is 3.30. The molecule has 0 saturated carbocycles. The zero-order valence-corrected chi connectivity index (χ0v) is 11.7. The van der Waals surface area contributed by atoms with Gasteiger partial charge in [-0.15, -0.1) is 11.6 Å². The monoisotopic (exact) mass is 274 g/mol. The number of nitrogens with zero attached hydrogens (tertiary/aromatic N) is 2. The van der Waals surface area contributed by atoms with Crippen LogP contribution in [0.4, 0.5) is 4.79 Å². The molecular formula is C12H19ClN2O3. The van der Waals surface area contributed by atoms with E-state index in [1.807, 2.05) is 20.8 Å². The van der Waals surface area contributed by atoms with Gasteiger partial charge in [0.15, 0.2) is 0 Å². The summed E-state index contributed by atoms with van der Waals surface area (Å²) in [5, 5.41) is 9.34. The average molecular weight is 275 g/mol. The number of fused-ring (bicyclic) bond motifs is 2. The molecule has 0 aromatic carbocycles. The Bertz CT molecular complexity index is 393. The highest BCUT2D eigenvalue weighted by atomic mass is 35.5. The van der Waals surface area contributed by atoms with E-state index in [9.17, 15) is 14.7 Å². The van der Waals surface area contributed by atoms with E-state index in [1.165, 1.54) is 4.90 Å². The Morgan fingerprint density at radius 2 is 2.06 bits per heavy atom. The molecule has 2 aliphatic rings. The standard InChI is InChI=1S/C12H19ClN2O3/c1-11(2,3)12-4-8(6-15(12)10(17)18)14(7-12)9(16)5-13/h8H,4-7H2,1-3H3,(H,17,18)/t8-,12+/m0/s1. The molecule has 2 fully saturated rings. The van der Waals surface area contributed by atoms with Gasteiger partial charge in [-0.05, 0) is 11.8 Å². The first-order chi connectivity index (χ1) is 8.23. The maximum absolute atomic E-state index is 11.8. The lowest BCUT2D eigenvalue weighted by molar-refractivity contribution is -0.132. The van der Waals surface area contributed by atoms with E-state index in [1.54, 1.807) is 4.90 Å². The van der Waals surface area contributed by atoms with Crippen molar-refractivity contribution in [1.82, 2.24) is 9.80 Å². The molecule has 5 nitrogen and oxygen atoms in total. The van der Waals surface area contributed by atoms with E-state index in [-0.39, 0.29) is 23.2 Å². The van der Waals surface area contributed by atoms with Crippen LogP contribution < -0.4 is 0 Å². The fraction of sp³-hybridized carbons (Fsp3) is 0.833. The minimum atomic E-state index is -0.898. The molecule has 0 aromatic heterocycles. The fourth-order valence-corrected chi connectivity index (χ4v) is 3.45. The molecule has 2 atom stereocenters. The number of carbonyl (C=O) groups excluding carboxylic acids is 1. The number of rotatable bonds is 1. The number of alkyl halides is 1. The Morgan fingerprint density at radius 3 is 2.50 bits per heavy atom. The Kier molecular flexibility index (Phi) is 3.00. The van der Waals surface area contributed by atoms with Crippen LogP contribution in [0.3, 0.4) is 0 Å². The normalized spacial score (nSPS) is 31.0. The van der Waals surface area contributed by atoms with E-state index >= 15 is 0 Å². The first kappa shape index (κ1) is 13.5. The smallest absolute Gasteiger partial charge is 0.407 e. The molecule has 102 valence electrons. The van der Waals surface area contributed by atoms with Gasteiger partial charge in [0.25, 0.3) is 0 Å². The van der Waals surface area contributed by atoms with Crippen LogP contribution in [0, 0.1) is 5.41 Å². The molecule has 0 unspecified atom stereocenters. The van der Waals surface area contributed by atoms with E-state index < -0.39 is 11.6 Å². The molecular weight excluding hydrogens is 256 g/mol. The molecule has 1 N–H and O–H groups in total. The van der Waals surface area contributed by atoms with Crippen LogP contribution in [-0.4, -0.2) is 57.5 Å². The van der Waals surface area contributed by atoms with Crippen LogP contribution in [0.1, 0.15) is 27.2 Å². The Morgan fingerprint density at radius 1 is 1.44 bits per heavy atom. The zero-order valence-electron chi connectivity index (χ0n) is 10.9. The van der Waals surface area contributed by atoms with Gasteiger partial charge in [0, 0.05) is 13.1 Å². The Hall–Kier alpha value is -0.970. The molecule has 2 saturated heterocycles. The van der Waals surface area contributed by atoms with Crippen molar-refractivity contribution in [2.75, 3.05) is 19.0 Å². The lowest BCUT2D eigenvalue weighted by Gasteiger charge is -2.48. The van der Waals surface area contributed by atoms with Gasteiger partial charge in [-0.3, -0.25) is 9.69 Å². The molecule has 2 amide bonds. The topological polar surface area (TPSA) is 60.9 Å². The minimum absolute atomic E-state index is 0.0217. The first-order valence-corrected chi connectivity index (χ1v) is 6.62. The van der Waals surface area contributed by atoms with Crippen molar-refractivity contribution in [3.8, 4) is 0 Å². The number of likely N-dealkylation sites (tertiary alicyclic amines) is 2. The van der Waals surface area contributed by atoms with E-state index in [2.05, 4.69) is 0 Å². The van der Waals surface area contributed by atoms with Crippen LogP contribution >= 0.6 is 11.6 Å². The number of carboxylic acid groups (broad SMARTS) is 1. The van der Waals surface area contributed by atoms with Gasteiger partial charge in [-0.25, -0.2) is 4.79 Å². The summed E-state index contributed by atoms with van der Waals surface area (Å²) in [6, 6.07) is -0.0217. The second-order valence-electron chi connectivity index (χ2n) is 6.19. The summed E-state index contributed by atoms with van der Waals surface area (Å²) in [4.78, 5) is 26.4. The Labute approximate surface area is 112 Å². The van der Waals surface area contributed by atoms with E-state index in [0.29, 0.717) is 19.5 Å². The number of halogens is 1. The lowest BCUT2D eigenvalue weighted by atomic mass is 9.73. The summed E-state index contributed by atoms with van der Waals surface area (Å²) < 4.78 is 0. The summed E-state index contributed by atoms with van der Waals surface area (Å²) in [6.07, 6.45) is -0.184. The van der Waals surface area contributed by atoms with Gasteiger partial charge in [0.05, 0.1) is 11.6 Å². The molecule has 2 bridgehead atoms. The molecule has 2 rings (SSSR count). The van der Waals surface area contributed by atoms with Crippen LogP contribution in [0.5, 0.6) is 0 Å². The van der Waals surface area contributed by atoms with Gasteiger partial charge in [-0.2, -0.15) is 0 Å². The Balaban J connectivity index is 2.34. The minimum Gasteiger partial charge on any atom is -0.465 e. The van der Waals surface area contributed by atoms with Crippen LogP contribution in [0.25, 0.3) is 0 Å². The third-order valence-corrected chi connectivity index (χ3v) is 4.65. The number of hydrogen-bond donors (Lipinski definition) is 1. The molecule has 18 heavy (non-hydrogen) atoms. The van der Waals surface area contributed by atoms with Crippen molar-refractivity contribution in [1.29, 1.82) is 0 Å². The number of hydrogen-bond acceptors (Lipinski definition) is 2. The third-order valence-electron chi connectivity index (χ3n) is 4.42. The maximum Gasteiger partial charge on any atom is 0.407 e. The van der Waals surface area contributed by atoms with Gasteiger partial charge in [0.1, 0.15) is 5.88 Å². The predicted octanol–water partition coefficient (Wildman–Crippen LogP) is 1.60. The van der Waals surface area contributed by atoms with E-state index in [4.69, 9.17) is 11.6 Å². The van der Waals surface area contributed by atoms with Crippen molar-refractivity contribution < 1.29 is 14.7 Å². The maximum atomic E-state index is 11.8. The molecule has 2 aliphatic heterocycles.